The summed E-state index contributed by atoms with van der Waals surface area (Å²) in [5.74, 6) is -0.0570. The number of aromatic nitrogens is 2. The number of carbonyl (C=O) groups excluding carboxylic acids is 1. The Hall–Kier alpha value is -1.93. The highest BCUT2D eigenvalue weighted by molar-refractivity contribution is 7.89. The largest absolute Gasteiger partial charge is 0.383 e. The SMILES string of the molecule is COC[C@@H](C)NC(=O)Cn1c(CS(C)(=O)=O)nc2ccccc21. The smallest absolute Gasteiger partial charge is 0.240 e. The van der Waals surface area contributed by atoms with Gasteiger partial charge >= 0.3 is 0 Å². The molecule has 1 heterocycles. The van der Waals surface area contributed by atoms with Crippen LogP contribution in [0.2, 0.25) is 0 Å². The Bertz CT molecular complexity index is 798. The Morgan fingerprint density at radius 2 is 2.09 bits per heavy atom. The lowest BCUT2D eigenvalue weighted by Crippen LogP contribution is -2.38. The van der Waals surface area contributed by atoms with Crippen molar-refractivity contribution in [2.45, 2.75) is 25.3 Å². The molecule has 2 rings (SSSR count). The summed E-state index contributed by atoms with van der Waals surface area (Å²) in [6.45, 7) is 2.26. The molecule has 23 heavy (non-hydrogen) atoms. The molecule has 0 radical (unpaired) electrons. The van der Waals surface area contributed by atoms with E-state index in [4.69, 9.17) is 4.74 Å². The number of nitrogens with zero attached hydrogens (tertiary/aromatic N) is 2. The summed E-state index contributed by atoms with van der Waals surface area (Å²) >= 11 is 0. The molecule has 0 aliphatic rings. The molecule has 0 saturated heterocycles. The van der Waals surface area contributed by atoms with Crippen LogP contribution in [0.3, 0.4) is 0 Å². The van der Waals surface area contributed by atoms with Crippen LogP contribution in [-0.4, -0.2) is 49.9 Å². The number of rotatable bonds is 7. The number of amides is 1. The molecule has 8 heteroatoms. The highest BCUT2D eigenvalue weighted by Gasteiger charge is 2.17. The van der Waals surface area contributed by atoms with Crippen molar-refractivity contribution >= 4 is 26.8 Å². The predicted octanol–water partition coefficient (Wildman–Crippen LogP) is 0.732. The van der Waals surface area contributed by atoms with Crippen molar-refractivity contribution in [1.82, 2.24) is 14.9 Å². The molecule has 2 aromatic rings. The molecule has 1 atom stereocenters. The van der Waals surface area contributed by atoms with E-state index in [1.165, 1.54) is 0 Å². The molecule has 0 aliphatic heterocycles. The molecular formula is C15H21N3O4S. The van der Waals surface area contributed by atoms with Gasteiger partial charge in [0, 0.05) is 19.4 Å². The molecule has 0 unspecified atom stereocenters. The normalized spacial score (nSPS) is 13.2. The lowest BCUT2D eigenvalue weighted by Gasteiger charge is -2.14. The molecule has 0 spiro atoms. The fourth-order valence-corrected chi connectivity index (χ4v) is 3.09. The van der Waals surface area contributed by atoms with Crippen molar-refractivity contribution in [2.24, 2.45) is 0 Å². The molecular weight excluding hydrogens is 318 g/mol. The van der Waals surface area contributed by atoms with Gasteiger partial charge in [-0.2, -0.15) is 0 Å². The first-order chi connectivity index (χ1) is 10.8. The van der Waals surface area contributed by atoms with E-state index in [1.54, 1.807) is 17.7 Å². The summed E-state index contributed by atoms with van der Waals surface area (Å²) in [4.78, 5) is 16.5. The van der Waals surface area contributed by atoms with Crippen LogP contribution in [0.5, 0.6) is 0 Å². The monoisotopic (exact) mass is 339 g/mol. The zero-order valence-corrected chi connectivity index (χ0v) is 14.3. The van der Waals surface area contributed by atoms with E-state index in [2.05, 4.69) is 10.3 Å². The quantitative estimate of drug-likeness (QED) is 0.803. The average Bonchev–Trinajstić information content (AvgIpc) is 2.75. The van der Waals surface area contributed by atoms with E-state index >= 15 is 0 Å². The van der Waals surface area contributed by atoms with Crippen LogP contribution < -0.4 is 5.32 Å². The van der Waals surface area contributed by atoms with Crippen LogP contribution in [0.15, 0.2) is 24.3 Å². The second-order valence-electron chi connectivity index (χ2n) is 5.60. The molecule has 0 saturated carbocycles. The van der Waals surface area contributed by atoms with Crippen molar-refractivity contribution in [3.05, 3.63) is 30.1 Å². The standard InChI is InChI=1S/C15H21N3O4S/c1-11(9-22-2)16-15(19)8-18-13-7-5-4-6-12(13)17-14(18)10-23(3,20)21/h4-7,11H,8-10H2,1-3H3,(H,16,19)/t11-/m1/s1. The highest BCUT2D eigenvalue weighted by Crippen LogP contribution is 2.17. The van der Waals surface area contributed by atoms with Crippen LogP contribution in [0, 0.1) is 0 Å². The maximum atomic E-state index is 12.2. The van der Waals surface area contributed by atoms with Crippen molar-refractivity contribution in [3.63, 3.8) is 0 Å². The lowest BCUT2D eigenvalue weighted by atomic mass is 10.3. The van der Waals surface area contributed by atoms with Gasteiger partial charge in [0.15, 0.2) is 9.84 Å². The average molecular weight is 339 g/mol. The van der Waals surface area contributed by atoms with E-state index in [9.17, 15) is 13.2 Å². The minimum atomic E-state index is -3.25. The Balaban J connectivity index is 2.30. The molecule has 1 N–H and O–H groups in total. The fourth-order valence-electron chi connectivity index (χ4n) is 2.40. The van der Waals surface area contributed by atoms with E-state index in [-0.39, 0.29) is 24.2 Å². The van der Waals surface area contributed by atoms with E-state index in [0.717, 1.165) is 11.8 Å². The number of methoxy groups -OCH3 is 1. The van der Waals surface area contributed by atoms with Gasteiger partial charge in [-0.3, -0.25) is 4.79 Å². The van der Waals surface area contributed by atoms with Gasteiger partial charge in [0.1, 0.15) is 18.1 Å². The molecule has 1 aromatic carbocycles. The zero-order valence-electron chi connectivity index (χ0n) is 13.4. The van der Waals surface area contributed by atoms with Crippen LogP contribution in [0.1, 0.15) is 12.7 Å². The fraction of sp³-hybridized carbons (Fsp3) is 0.467. The van der Waals surface area contributed by atoms with Gasteiger partial charge < -0.3 is 14.6 Å². The molecule has 0 aliphatic carbocycles. The van der Waals surface area contributed by atoms with Crippen molar-refractivity contribution < 1.29 is 17.9 Å². The Labute approximate surface area is 135 Å². The van der Waals surface area contributed by atoms with E-state index in [0.29, 0.717) is 17.9 Å². The first-order valence-electron chi connectivity index (χ1n) is 7.20. The number of imidazole rings is 1. The zero-order chi connectivity index (χ0) is 17.0. The summed E-state index contributed by atoms with van der Waals surface area (Å²) in [6.07, 6.45) is 1.15. The Kier molecular flexibility index (Phi) is 5.38. The van der Waals surface area contributed by atoms with E-state index < -0.39 is 9.84 Å². The summed E-state index contributed by atoms with van der Waals surface area (Å²) in [5.41, 5.74) is 1.41. The van der Waals surface area contributed by atoms with Gasteiger partial charge in [-0.15, -0.1) is 0 Å². The van der Waals surface area contributed by atoms with Gasteiger partial charge in [-0.25, -0.2) is 13.4 Å². The second-order valence-corrected chi connectivity index (χ2v) is 7.74. The molecule has 1 amide bonds. The molecule has 7 nitrogen and oxygen atoms in total. The number of fused-ring (bicyclic) bond motifs is 1. The summed E-state index contributed by atoms with van der Waals surface area (Å²) in [5, 5.41) is 2.81. The topological polar surface area (TPSA) is 90.3 Å². The van der Waals surface area contributed by atoms with Gasteiger partial charge in [0.2, 0.25) is 5.91 Å². The van der Waals surface area contributed by atoms with E-state index in [1.807, 2.05) is 25.1 Å². The molecule has 1 aromatic heterocycles. The third-order valence-corrected chi connectivity index (χ3v) is 4.03. The number of hydrogen-bond acceptors (Lipinski definition) is 5. The molecule has 126 valence electrons. The van der Waals surface area contributed by atoms with Crippen LogP contribution in [0.25, 0.3) is 11.0 Å². The number of carbonyl (C=O) groups is 1. The maximum Gasteiger partial charge on any atom is 0.240 e. The minimum absolute atomic E-state index is 0.0133. The first kappa shape index (κ1) is 17.4. The number of para-hydroxylation sites is 2. The van der Waals surface area contributed by atoms with Crippen molar-refractivity contribution in [2.75, 3.05) is 20.0 Å². The number of sulfone groups is 1. The van der Waals surface area contributed by atoms with Crippen LogP contribution >= 0.6 is 0 Å². The third-order valence-electron chi connectivity index (χ3n) is 3.25. The number of hydrogen-bond donors (Lipinski definition) is 1. The molecule has 0 fully saturated rings. The second kappa shape index (κ2) is 7.10. The number of ether oxygens (including phenoxy) is 1. The number of benzene rings is 1. The van der Waals surface area contributed by atoms with Crippen molar-refractivity contribution in [3.8, 4) is 0 Å². The molecule has 0 bridgehead atoms. The van der Waals surface area contributed by atoms with Gasteiger partial charge in [0.05, 0.1) is 17.6 Å². The van der Waals surface area contributed by atoms with Crippen LogP contribution in [-0.2, 0) is 31.7 Å². The van der Waals surface area contributed by atoms with Gasteiger partial charge in [-0.1, -0.05) is 12.1 Å². The Morgan fingerprint density at radius 3 is 2.74 bits per heavy atom. The Morgan fingerprint density at radius 1 is 1.39 bits per heavy atom. The first-order valence-corrected chi connectivity index (χ1v) is 9.26. The maximum absolute atomic E-state index is 12.2. The van der Waals surface area contributed by atoms with Gasteiger partial charge in [-0.05, 0) is 19.1 Å². The van der Waals surface area contributed by atoms with Crippen LogP contribution in [0.4, 0.5) is 0 Å². The predicted molar refractivity (Wildman–Crippen MR) is 87.8 cm³/mol. The third kappa shape index (κ3) is 4.77. The summed E-state index contributed by atoms with van der Waals surface area (Å²) in [7, 11) is -1.68. The minimum Gasteiger partial charge on any atom is -0.383 e. The summed E-state index contributed by atoms with van der Waals surface area (Å²) < 4.78 is 29.8. The summed E-state index contributed by atoms with van der Waals surface area (Å²) in [6, 6.07) is 7.14. The van der Waals surface area contributed by atoms with Gasteiger partial charge in [0.25, 0.3) is 0 Å². The lowest BCUT2D eigenvalue weighted by molar-refractivity contribution is -0.122. The number of nitrogens with one attached hydrogen (secondary N) is 1. The van der Waals surface area contributed by atoms with Crippen molar-refractivity contribution in [1.29, 1.82) is 0 Å². The highest BCUT2D eigenvalue weighted by atomic mass is 32.2.